The van der Waals surface area contributed by atoms with E-state index >= 15 is 0 Å². The van der Waals surface area contributed by atoms with Crippen LogP contribution in [-0.2, 0) is 11.2 Å². The van der Waals surface area contributed by atoms with Crippen LogP contribution in [0.15, 0.2) is 53.8 Å². The lowest BCUT2D eigenvalue weighted by atomic mass is 9.99. The van der Waals surface area contributed by atoms with Crippen molar-refractivity contribution < 1.29 is 4.79 Å². The molecule has 0 radical (unpaired) electrons. The van der Waals surface area contributed by atoms with Crippen molar-refractivity contribution in [2.24, 2.45) is 10.9 Å². The third-order valence-electron chi connectivity index (χ3n) is 6.25. The molecule has 4 rings (SSSR count). The van der Waals surface area contributed by atoms with Gasteiger partial charge >= 0.3 is 0 Å². The van der Waals surface area contributed by atoms with Gasteiger partial charge in [0.15, 0.2) is 5.96 Å². The minimum atomic E-state index is 0.185. The Morgan fingerprint density at radius 1 is 1.03 bits per heavy atom. The highest BCUT2D eigenvalue weighted by atomic mass is 16.2. The van der Waals surface area contributed by atoms with E-state index in [1.54, 1.807) is 12.4 Å². The van der Waals surface area contributed by atoms with Crippen molar-refractivity contribution in [3.63, 3.8) is 0 Å². The normalized spacial score (nSPS) is 19.3. The Bertz CT molecular complexity index is 882. The largest absolute Gasteiger partial charge is 0.356 e. The van der Waals surface area contributed by atoms with Crippen LogP contribution in [0.2, 0.25) is 0 Å². The number of nitrogens with one attached hydrogen (secondary N) is 1. The zero-order valence-electron chi connectivity index (χ0n) is 18.9. The van der Waals surface area contributed by atoms with E-state index in [1.165, 1.54) is 12.0 Å². The van der Waals surface area contributed by atoms with Gasteiger partial charge in [-0.25, -0.2) is 9.97 Å². The zero-order chi connectivity index (χ0) is 22.2. The summed E-state index contributed by atoms with van der Waals surface area (Å²) in [7, 11) is 1.82. The quantitative estimate of drug-likeness (QED) is 0.549. The highest BCUT2D eigenvalue weighted by Gasteiger charge is 2.26. The first-order chi connectivity index (χ1) is 15.7. The minimum absolute atomic E-state index is 0.185. The fourth-order valence-electron chi connectivity index (χ4n) is 4.52. The second-order valence-corrected chi connectivity index (χ2v) is 8.43. The second kappa shape index (κ2) is 10.9. The summed E-state index contributed by atoms with van der Waals surface area (Å²) in [6, 6.07) is 12.5. The zero-order valence-corrected chi connectivity index (χ0v) is 18.9. The number of benzene rings is 1. The number of aliphatic imine (C=N–C) groups is 1. The van der Waals surface area contributed by atoms with E-state index in [-0.39, 0.29) is 5.91 Å². The predicted octanol–water partition coefficient (Wildman–Crippen LogP) is 1.66. The fourth-order valence-corrected chi connectivity index (χ4v) is 4.52. The van der Waals surface area contributed by atoms with Gasteiger partial charge in [-0.15, -0.1) is 0 Å². The van der Waals surface area contributed by atoms with Crippen LogP contribution in [0.4, 0.5) is 5.95 Å². The third-order valence-corrected chi connectivity index (χ3v) is 6.25. The van der Waals surface area contributed by atoms with Gasteiger partial charge in [0.2, 0.25) is 11.9 Å². The molecule has 0 spiro atoms. The molecule has 8 nitrogen and oxygen atoms in total. The first-order valence-electron chi connectivity index (χ1n) is 11.5. The molecule has 0 aliphatic carbocycles. The lowest BCUT2D eigenvalue weighted by molar-refractivity contribution is -0.131. The van der Waals surface area contributed by atoms with Crippen LogP contribution in [-0.4, -0.2) is 84.5 Å². The molecule has 2 aromatic rings. The molecule has 1 amide bonds. The Kier molecular flexibility index (Phi) is 7.53. The summed E-state index contributed by atoms with van der Waals surface area (Å²) in [5.74, 6) is 2.47. The van der Waals surface area contributed by atoms with Gasteiger partial charge in [-0.05, 0) is 30.4 Å². The van der Waals surface area contributed by atoms with Gasteiger partial charge in [0, 0.05) is 71.7 Å². The molecule has 2 aliphatic rings. The number of anilines is 1. The molecule has 2 aliphatic heterocycles. The highest BCUT2D eigenvalue weighted by Crippen LogP contribution is 2.21. The molecular formula is C24H33N7O. The number of rotatable bonds is 6. The van der Waals surface area contributed by atoms with Crippen LogP contribution >= 0.6 is 0 Å². The number of carbonyl (C=O) groups is 1. The predicted molar refractivity (Wildman–Crippen MR) is 127 cm³/mol. The number of carbonyl (C=O) groups excluding carboxylic acids is 1. The van der Waals surface area contributed by atoms with Gasteiger partial charge < -0.3 is 20.0 Å². The van der Waals surface area contributed by atoms with Crippen molar-refractivity contribution in [1.29, 1.82) is 0 Å². The van der Waals surface area contributed by atoms with Crippen LogP contribution in [0, 0.1) is 5.92 Å². The molecule has 170 valence electrons. The van der Waals surface area contributed by atoms with Gasteiger partial charge in [0.05, 0.1) is 0 Å². The van der Waals surface area contributed by atoms with E-state index in [4.69, 9.17) is 0 Å². The average molecular weight is 436 g/mol. The van der Waals surface area contributed by atoms with E-state index in [0.29, 0.717) is 32.0 Å². The number of amides is 1. The molecule has 1 unspecified atom stereocenters. The maximum Gasteiger partial charge on any atom is 0.225 e. The Morgan fingerprint density at radius 2 is 1.78 bits per heavy atom. The average Bonchev–Trinajstić information content (AvgIpc) is 3.31. The molecule has 8 heteroatoms. The maximum absolute atomic E-state index is 12.7. The van der Waals surface area contributed by atoms with E-state index in [1.807, 2.05) is 18.0 Å². The Balaban J connectivity index is 1.17. The molecule has 0 saturated carbocycles. The second-order valence-electron chi connectivity index (χ2n) is 8.43. The first-order valence-corrected chi connectivity index (χ1v) is 11.5. The number of piperazine rings is 1. The molecule has 3 heterocycles. The molecular weight excluding hydrogens is 402 g/mol. The molecule has 1 atom stereocenters. The molecule has 32 heavy (non-hydrogen) atoms. The number of nitrogens with zero attached hydrogens (tertiary/aromatic N) is 6. The van der Waals surface area contributed by atoms with Crippen molar-refractivity contribution in [2.75, 3.05) is 57.8 Å². The smallest absolute Gasteiger partial charge is 0.225 e. The summed E-state index contributed by atoms with van der Waals surface area (Å²) in [5, 5.41) is 3.40. The molecule has 1 aromatic heterocycles. The first kappa shape index (κ1) is 22.0. The van der Waals surface area contributed by atoms with Crippen LogP contribution in [0.1, 0.15) is 18.4 Å². The van der Waals surface area contributed by atoms with Crippen LogP contribution in [0.3, 0.4) is 0 Å². The lowest BCUT2D eigenvalue weighted by Crippen LogP contribution is -2.50. The lowest BCUT2D eigenvalue weighted by Gasteiger charge is -2.34. The van der Waals surface area contributed by atoms with E-state index < -0.39 is 0 Å². The Hall–Kier alpha value is -3.16. The monoisotopic (exact) mass is 435 g/mol. The van der Waals surface area contributed by atoms with Crippen molar-refractivity contribution in [1.82, 2.24) is 25.1 Å². The highest BCUT2D eigenvalue weighted by molar-refractivity contribution is 5.81. The summed E-state index contributed by atoms with van der Waals surface area (Å²) >= 11 is 0. The van der Waals surface area contributed by atoms with Gasteiger partial charge in [-0.1, -0.05) is 30.3 Å². The van der Waals surface area contributed by atoms with Gasteiger partial charge in [-0.2, -0.15) is 0 Å². The summed E-state index contributed by atoms with van der Waals surface area (Å²) in [6.07, 6.45) is 6.25. The van der Waals surface area contributed by atoms with Crippen molar-refractivity contribution in [3.8, 4) is 0 Å². The molecule has 2 saturated heterocycles. The van der Waals surface area contributed by atoms with Crippen molar-refractivity contribution in [3.05, 3.63) is 54.4 Å². The third kappa shape index (κ3) is 5.75. The Morgan fingerprint density at radius 3 is 2.50 bits per heavy atom. The standard InChI is InChI=1S/C24H33N7O/c1-25-23(31-13-9-21(19-31)18-20-6-3-2-4-7-20)28-12-8-22(32)29-14-16-30(17-15-29)24-26-10-5-11-27-24/h2-7,10-11,21H,8-9,12-19H2,1H3,(H,25,28). The summed E-state index contributed by atoms with van der Waals surface area (Å²) in [5.41, 5.74) is 1.40. The Labute approximate surface area is 190 Å². The number of aromatic nitrogens is 2. The number of hydrogen-bond donors (Lipinski definition) is 1. The van der Waals surface area contributed by atoms with Crippen LogP contribution in [0.25, 0.3) is 0 Å². The van der Waals surface area contributed by atoms with Crippen LogP contribution in [0.5, 0.6) is 0 Å². The number of likely N-dealkylation sites (tertiary alicyclic amines) is 1. The van der Waals surface area contributed by atoms with Crippen molar-refractivity contribution in [2.45, 2.75) is 19.3 Å². The van der Waals surface area contributed by atoms with Crippen LogP contribution < -0.4 is 10.2 Å². The molecule has 1 N–H and O–H groups in total. The van der Waals surface area contributed by atoms with Crippen molar-refractivity contribution >= 4 is 17.8 Å². The molecule has 1 aromatic carbocycles. The minimum Gasteiger partial charge on any atom is -0.356 e. The summed E-state index contributed by atoms with van der Waals surface area (Å²) < 4.78 is 0. The SMILES string of the molecule is CN=C(NCCC(=O)N1CCN(c2ncccn2)CC1)N1CCC(Cc2ccccc2)C1. The fraction of sp³-hybridized carbons (Fsp3) is 0.500. The molecule has 0 bridgehead atoms. The summed E-state index contributed by atoms with van der Waals surface area (Å²) in [4.78, 5) is 32.1. The topological polar surface area (TPSA) is 77.0 Å². The van der Waals surface area contributed by atoms with E-state index in [9.17, 15) is 4.79 Å². The van der Waals surface area contributed by atoms with E-state index in [0.717, 1.165) is 44.5 Å². The van der Waals surface area contributed by atoms with Gasteiger partial charge in [0.25, 0.3) is 0 Å². The number of guanidine groups is 1. The van der Waals surface area contributed by atoms with Gasteiger partial charge in [0.1, 0.15) is 0 Å². The van der Waals surface area contributed by atoms with Gasteiger partial charge in [-0.3, -0.25) is 9.79 Å². The van der Waals surface area contributed by atoms with E-state index in [2.05, 4.69) is 60.4 Å². The maximum atomic E-state index is 12.7. The molecule has 2 fully saturated rings. The number of hydrogen-bond acceptors (Lipinski definition) is 5. The summed E-state index contributed by atoms with van der Waals surface area (Å²) in [6.45, 7) is 5.56.